The van der Waals surface area contributed by atoms with E-state index in [-0.39, 0.29) is 24.0 Å². The number of rotatable bonds is 6. The quantitative estimate of drug-likeness (QED) is 0.352. The van der Waals surface area contributed by atoms with E-state index in [9.17, 15) is 4.79 Å². The molecular formula is C15H18N6O3. The molecule has 0 spiro atoms. The van der Waals surface area contributed by atoms with Gasteiger partial charge < -0.3 is 26.6 Å². The van der Waals surface area contributed by atoms with Crippen molar-refractivity contribution in [3.63, 3.8) is 0 Å². The zero-order valence-corrected chi connectivity index (χ0v) is 13.0. The molecule has 9 heteroatoms. The molecule has 2 aromatic rings. The predicted molar refractivity (Wildman–Crippen MR) is 89.2 cm³/mol. The summed E-state index contributed by atoms with van der Waals surface area (Å²) in [6, 6.07) is 8.91. The van der Waals surface area contributed by atoms with Crippen molar-refractivity contribution in [2.45, 2.75) is 6.04 Å². The molecule has 2 rings (SSSR count). The number of esters is 1. The van der Waals surface area contributed by atoms with Crippen molar-refractivity contribution in [1.82, 2.24) is 10.3 Å². The number of carbonyl (C=O) groups is 1. The molecule has 6 N–H and O–H groups in total. The lowest BCUT2D eigenvalue weighted by molar-refractivity contribution is -0.137. The van der Waals surface area contributed by atoms with Gasteiger partial charge in [-0.15, -0.1) is 10.2 Å². The van der Waals surface area contributed by atoms with Crippen molar-refractivity contribution in [3.8, 4) is 5.75 Å². The maximum absolute atomic E-state index is 11.9. The SMILES string of the molecule is CN[C@@H](CO)C(=O)Oc1ccccc1/N=N/c1ccc(N)nc1N. The third kappa shape index (κ3) is 4.24. The average molecular weight is 330 g/mol. The molecule has 126 valence electrons. The van der Waals surface area contributed by atoms with E-state index in [0.29, 0.717) is 11.4 Å². The number of ether oxygens (including phenoxy) is 1. The zero-order chi connectivity index (χ0) is 17.5. The maximum Gasteiger partial charge on any atom is 0.330 e. The molecule has 0 saturated heterocycles. The van der Waals surface area contributed by atoms with Gasteiger partial charge in [0.2, 0.25) is 0 Å². The summed E-state index contributed by atoms with van der Waals surface area (Å²) in [6.45, 7) is -0.382. The second-order valence-electron chi connectivity index (χ2n) is 4.75. The van der Waals surface area contributed by atoms with Crippen LogP contribution in [0.15, 0.2) is 46.6 Å². The standard InChI is InChI=1S/C15H18N6O3/c1-18-11(8-22)15(23)24-12-5-3-2-4-9(12)20-21-10-6-7-13(16)19-14(10)17/h2-7,11,18,22H,8H2,1H3,(H4,16,17,19)/b21-20+/t11-/m0/s1. The van der Waals surface area contributed by atoms with Crippen LogP contribution in [0.1, 0.15) is 0 Å². The molecule has 9 nitrogen and oxygen atoms in total. The molecule has 1 aromatic carbocycles. The number of nitrogens with one attached hydrogen (secondary N) is 1. The van der Waals surface area contributed by atoms with Gasteiger partial charge in [-0.3, -0.25) is 0 Å². The molecule has 0 fully saturated rings. The van der Waals surface area contributed by atoms with Crippen LogP contribution in [0.4, 0.5) is 23.0 Å². The Labute approximate surface area is 138 Å². The number of aromatic nitrogens is 1. The topological polar surface area (TPSA) is 148 Å². The van der Waals surface area contributed by atoms with Gasteiger partial charge in [-0.2, -0.15) is 0 Å². The van der Waals surface area contributed by atoms with E-state index in [4.69, 9.17) is 21.3 Å². The lowest BCUT2D eigenvalue weighted by atomic mass is 10.3. The van der Waals surface area contributed by atoms with Crippen LogP contribution in [-0.2, 0) is 4.79 Å². The second-order valence-corrected chi connectivity index (χ2v) is 4.75. The fourth-order valence-corrected chi connectivity index (χ4v) is 1.76. The second kappa shape index (κ2) is 7.99. The number of nitrogen functional groups attached to an aromatic ring is 2. The molecule has 1 heterocycles. The minimum Gasteiger partial charge on any atom is -0.423 e. The maximum atomic E-state index is 11.9. The number of benzene rings is 1. The van der Waals surface area contributed by atoms with Crippen LogP contribution >= 0.6 is 0 Å². The highest BCUT2D eigenvalue weighted by Crippen LogP contribution is 2.30. The Morgan fingerprint density at radius 1 is 1.25 bits per heavy atom. The summed E-state index contributed by atoms with van der Waals surface area (Å²) in [6.07, 6.45) is 0. The Morgan fingerprint density at radius 3 is 2.62 bits per heavy atom. The summed E-state index contributed by atoms with van der Waals surface area (Å²) in [4.78, 5) is 15.8. The summed E-state index contributed by atoms with van der Waals surface area (Å²) >= 11 is 0. The molecule has 24 heavy (non-hydrogen) atoms. The van der Waals surface area contributed by atoms with Gasteiger partial charge in [0.25, 0.3) is 0 Å². The van der Waals surface area contributed by atoms with Crippen LogP contribution < -0.4 is 21.5 Å². The number of hydrogen-bond donors (Lipinski definition) is 4. The van der Waals surface area contributed by atoms with Crippen molar-refractivity contribution < 1.29 is 14.6 Å². The molecule has 0 unspecified atom stereocenters. The molecule has 0 aliphatic rings. The van der Waals surface area contributed by atoms with Gasteiger partial charge >= 0.3 is 5.97 Å². The first-order chi connectivity index (χ1) is 11.5. The van der Waals surface area contributed by atoms with Crippen molar-refractivity contribution in [1.29, 1.82) is 0 Å². The number of aliphatic hydroxyl groups is 1. The van der Waals surface area contributed by atoms with Crippen molar-refractivity contribution >= 4 is 29.0 Å². The highest BCUT2D eigenvalue weighted by molar-refractivity contribution is 5.79. The Bertz CT molecular complexity index is 746. The van der Waals surface area contributed by atoms with Crippen LogP contribution in [0.25, 0.3) is 0 Å². The van der Waals surface area contributed by atoms with Crippen LogP contribution in [0.3, 0.4) is 0 Å². The number of likely N-dealkylation sites (N-methyl/N-ethyl adjacent to an activating group) is 1. The highest BCUT2D eigenvalue weighted by Gasteiger charge is 2.18. The molecule has 0 amide bonds. The summed E-state index contributed by atoms with van der Waals surface area (Å²) in [7, 11) is 1.55. The van der Waals surface area contributed by atoms with Crippen molar-refractivity contribution in [3.05, 3.63) is 36.4 Å². The summed E-state index contributed by atoms with van der Waals surface area (Å²) < 4.78 is 5.25. The van der Waals surface area contributed by atoms with E-state index in [0.717, 1.165) is 0 Å². The van der Waals surface area contributed by atoms with Gasteiger partial charge in [0.05, 0.1) is 6.61 Å². The fourth-order valence-electron chi connectivity index (χ4n) is 1.76. The first kappa shape index (κ1) is 17.3. The van der Waals surface area contributed by atoms with E-state index in [1.165, 1.54) is 0 Å². The molecule has 1 atom stereocenters. The summed E-state index contributed by atoms with van der Waals surface area (Å²) in [5.74, 6) is 0.00452. The van der Waals surface area contributed by atoms with E-state index in [1.54, 1.807) is 43.4 Å². The van der Waals surface area contributed by atoms with Crippen LogP contribution in [0.2, 0.25) is 0 Å². The van der Waals surface area contributed by atoms with Crippen LogP contribution in [0.5, 0.6) is 5.75 Å². The molecule has 1 aromatic heterocycles. The summed E-state index contributed by atoms with van der Waals surface area (Å²) in [5.41, 5.74) is 11.9. The number of carbonyl (C=O) groups excluding carboxylic acids is 1. The number of pyridine rings is 1. The number of nitrogens with zero attached hydrogens (tertiary/aromatic N) is 3. The first-order valence-corrected chi connectivity index (χ1v) is 7.07. The van der Waals surface area contributed by atoms with Gasteiger partial charge in [-0.05, 0) is 31.3 Å². The Kier molecular flexibility index (Phi) is 5.77. The van der Waals surface area contributed by atoms with Gasteiger partial charge in [0, 0.05) is 0 Å². The lowest BCUT2D eigenvalue weighted by Crippen LogP contribution is -2.40. The Morgan fingerprint density at radius 2 is 1.96 bits per heavy atom. The molecule has 0 aliphatic heterocycles. The zero-order valence-electron chi connectivity index (χ0n) is 13.0. The van der Waals surface area contributed by atoms with Crippen molar-refractivity contribution in [2.75, 3.05) is 25.1 Å². The number of hydrogen-bond acceptors (Lipinski definition) is 9. The smallest absolute Gasteiger partial charge is 0.330 e. The molecule has 0 radical (unpaired) electrons. The third-order valence-corrected chi connectivity index (χ3v) is 3.08. The monoisotopic (exact) mass is 330 g/mol. The predicted octanol–water partition coefficient (Wildman–Crippen LogP) is 1.15. The number of aliphatic hydroxyl groups excluding tert-OH is 1. The van der Waals surface area contributed by atoms with E-state index in [1.807, 2.05) is 0 Å². The van der Waals surface area contributed by atoms with E-state index >= 15 is 0 Å². The van der Waals surface area contributed by atoms with E-state index in [2.05, 4.69) is 20.5 Å². The molecule has 0 saturated carbocycles. The molecule has 0 aliphatic carbocycles. The lowest BCUT2D eigenvalue weighted by Gasteiger charge is -2.12. The number of azo groups is 1. The van der Waals surface area contributed by atoms with E-state index < -0.39 is 12.0 Å². The third-order valence-electron chi connectivity index (χ3n) is 3.08. The minimum absolute atomic E-state index is 0.142. The van der Waals surface area contributed by atoms with Gasteiger partial charge in [0.15, 0.2) is 11.6 Å². The minimum atomic E-state index is -0.827. The number of nitrogens with two attached hydrogens (primary N) is 2. The van der Waals surface area contributed by atoms with Crippen LogP contribution in [-0.4, -0.2) is 35.8 Å². The number of anilines is 2. The first-order valence-electron chi connectivity index (χ1n) is 7.07. The Hall–Kier alpha value is -3.04. The summed E-state index contributed by atoms with van der Waals surface area (Å²) in [5, 5.41) is 19.8. The fraction of sp³-hybridized carbons (Fsp3) is 0.200. The largest absolute Gasteiger partial charge is 0.423 e. The average Bonchev–Trinajstić information content (AvgIpc) is 2.56. The van der Waals surface area contributed by atoms with Gasteiger partial charge in [0.1, 0.15) is 23.2 Å². The molecule has 0 bridgehead atoms. The van der Waals surface area contributed by atoms with Gasteiger partial charge in [-0.25, -0.2) is 9.78 Å². The van der Waals surface area contributed by atoms with Gasteiger partial charge in [-0.1, -0.05) is 12.1 Å². The normalized spacial score (nSPS) is 12.2. The Balaban J connectivity index is 2.22. The van der Waals surface area contributed by atoms with Crippen LogP contribution in [0, 0.1) is 0 Å². The van der Waals surface area contributed by atoms with Crippen molar-refractivity contribution in [2.24, 2.45) is 10.2 Å². The highest BCUT2D eigenvalue weighted by atomic mass is 16.5. The molecular weight excluding hydrogens is 312 g/mol. The number of para-hydroxylation sites is 1.